The van der Waals surface area contributed by atoms with Crippen molar-refractivity contribution in [2.75, 3.05) is 6.54 Å². The number of aryl methyl sites for hydroxylation is 2. The van der Waals surface area contributed by atoms with Crippen molar-refractivity contribution in [2.24, 2.45) is 0 Å². The van der Waals surface area contributed by atoms with Crippen molar-refractivity contribution in [1.82, 2.24) is 15.3 Å². The van der Waals surface area contributed by atoms with Gasteiger partial charge in [-0.05, 0) is 32.0 Å². The standard InChI is InChI=1S/C14H19N3S/c1-4-15-13(9-14-16-7-8-18-14)12-6-5-10(2)17-11(12)3/h5-8,13,15H,4,9H2,1-3H3. The summed E-state index contributed by atoms with van der Waals surface area (Å²) in [6, 6.07) is 4.56. The van der Waals surface area contributed by atoms with Crippen LogP contribution in [0.15, 0.2) is 23.7 Å². The van der Waals surface area contributed by atoms with Crippen molar-refractivity contribution < 1.29 is 0 Å². The summed E-state index contributed by atoms with van der Waals surface area (Å²) in [5.74, 6) is 0. The molecule has 0 fully saturated rings. The Labute approximate surface area is 112 Å². The molecule has 1 atom stereocenters. The maximum atomic E-state index is 4.55. The summed E-state index contributed by atoms with van der Waals surface area (Å²) in [6.45, 7) is 7.18. The highest BCUT2D eigenvalue weighted by Gasteiger charge is 2.15. The fraction of sp³-hybridized carbons (Fsp3) is 0.429. The zero-order valence-corrected chi connectivity index (χ0v) is 11.9. The second-order valence-electron chi connectivity index (χ2n) is 4.37. The zero-order valence-electron chi connectivity index (χ0n) is 11.1. The highest BCUT2D eigenvalue weighted by atomic mass is 32.1. The van der Waals surface area contributed by atoms with Crippen LogP contribution in [0.5, 0.6) is 0 Å². The van der Waals surface area contributed by atoms with Gasteiger partial charge in [0.05, 0.1) is 5.01 Å². The number of likely N-dealkylation sites (N-methyl/N-ethyl adjacent to an activating group) is 1. The highest BCUT2D eigenvalue weighted by Crippen LogP contribution is 2.22. The molecule has 0 amide bonds. The van der Waals surface area contributed by atoms with E-state index < -0.39 is 0 Å². The second kappa shape index (κ2) is 6.07. The smallest absolute Gasteiger partial charge is 0.0943 e. The summed E-state index contributed by atoms with van der Waals surface area (Å²) in [4.78, 5) is 8.92. The van der Waals surface area contributed by atoms with Crippen molar-refractivity contribution in [2.45, 2.75) is 33.2 Å². The zero-order chi connectivity index (χ0) is 13.0. The molecule has 96 valence electrons. The molecule has 0 aliphatic heterocycles. The number of aromatic nitrogens is 2. The summed E-state index contributed by atoms with van der Waals surface area (Å²) in [5, 5.41) is 6.72. The first-order chi connectivity index (χ1) is 8.70. The Hall–Kier alpha value is -1.26. The topological polar surface area (TPSA) is 37.8 Å². The minimum absolute atomic E-state index is 0.300. The number of pyridine rings is 1. The molecule has 0 bridgehead atoms. The van der Waals surface area contributed by atoms with Gasteiger partial charge in [0.2, 0.25) is 0 Å². The van der Waals surface area contributed by atoms with Crippen molar-refractivity contribution in [3.8, 4) is 0 Å². The number of nitrogens with zero attached hydrogens (tertiary/aromatic N) is 2. The molecule has 4 heteroatoms. The third-order valence-electron chi connectivity index (χ3n) is 2.95. The van der Waals surface area contributed by atoms with E-state index in [2.05, 4.69) is 41.3 Å². The number of hydrogen-bond acceptors (Lipinski definition) is 4. The van der Waals surface area contributed by atoms with E-state index in [9.17, 15) is 0 Å². The molecular weight excluding hydrogens is 242 g/mol. The number of rotatable bonds is 5. The van der Waals surface area contributed by atoms with Gasteiger partial charge in [0.15, 0.2) is 0 Å². The average Bonchev–Trinajstić information content (AvgIpc) is 2.81. The minimum atomic E-state index is 0.300. The predicted molar refractivity (Wildman–Crippen MR) is 75.9 cm³/mol. The van der Waals surface area contributed by atoms with Gasteiger partial charge in [-0.3, -0.25) is 4.98 Å². The molecule has 0 spiro atoms. The number of thiazole rings is 1. The predicted octanol–water partition coefficient (Wildman–Crippen LogP) is 3.05. The van der Waals surface area contributed by atoms with Crippen LogP contribution in [0, 0.1) is 13.8 Å². The van der Waals surface area contributed by atoms with E-state index in [0.717, 1.165) is 24.4 Å². The van der Waals surface area contributed by atoms with Gasteiger partial charge in [-0.1, -0.05) is 13.0 Å². The molecule has 0 aromatic carbocycles. The third-order valence-corrected chi connectivity index (χ3v) is 3.76. The lowest BCUT2D eigenvalue weighted by Crippen LogP contribution is -2.24. The summed E-state index contributed by atoms with van der Waals surface area (Å²) >= 11 is 1.71. The first kappa shape index (κ1) is 13.2. The molecular formula is C14H19N3S. The molecule has 0 radical (unpaired) electrons. The van der Waals surface area contributed by atoms with E-state index in [1.807, 2.05) is 18.5 Å². The summed E-state index contributed by atoms with van der Waals surface area (Å²) in [5.41, 5.74) is 3.45. The van der Waals surface area contributed by atoms with Gasteiger partial charge in [0.1, 0.15) is 0 Å². The Balaban J connectivity index is 2.23. The molecule has 0 aliphatic carbocycles. The first-order valence-electron chi connectivity index (χ1n) is 6.26. The monoisotopic (exact) mass is 261 g/mol. The van der Waals surface area contributed by atoms with Crippen LogP contribution in [-0.4, -0.2) is 16.5 Å². The quantitative estimate of drug-likeness (QED) is 0.899. The maximum Gasteiger partial charge on any atom is 0.0943 e. The third kappa shape index (κ3) is 3.15. The molecule has 2 rings (SSSR count). The van der Waals surface area contributed by atoms with Gasteiger partial charge in [0, 0.05) is 35.4 Å². The summed E-state index contributed by atoms with van der Waals surface area (Å²) in [7, 11) is 0. The molecule has 2 heterocycles. The van der Waals surface area contributed by atoms with Crippen molar-refractivity contribution >= 4 is 11.3 Å². The maximum absolute atomic E-state index is 4.55. The first-order valence-corrected chi connectivity index (χ1v) is 7.14. The fourth-order valence-electron chi connectivity index (χ4n) is 2.13. The molecule has 0 saturated heterocycles. The molecule has 3 nitrogen and oxygen atoms in total. The Kier molecular flexibility index (Phi) is 4.44. The van der Waals surface area contributed by atoms with Gasteiger partial charge >= 0.3 is 0 Å². The van der Waals surface area contributed by atoms with Gasteiger partial charge in [-0.15, -0.1) is 11.3 Å². The molecule has 18 heavy (non-hydrogen) atoms. The molecule has 0 aliphatic rings. The normalized spacial score (nSPS) is 12.6. The van der Waals surface area contributed by atoms with Crippen LogP contribution < -0.4 is 5.32 Å². The molecule has 1 N–H and O–H groups in total. The lowest BCUT2D eigenvalue weighted by Gasteiger charge is -2.19. The van der Waals surface area contributed by atoms with E-state index in [4.69, 9.17) is 0 Å². The largest absolute Gasteiger partial charge is 0.310 e. The SMILES string of the molecule is CCNC(Cc1nccs1)c1ccc(C)nc1C. The van der Waals surface area contributed by atoms with Gasteiger partial charge in [-0.2, -0.15) is 0 Å². The van der Waals surface area contributed by atoms with Crippen LogP contribution >= 0.6 is 11.3 Å². The molecule has 2 aromatic heterocycles. The van der Waals surface area contributed by atoms with Gasteiger partial charge in [0.25, 0.3) is 0 Å². The van der Waals surface area contributed by atoms with Crippen molar-refractivity contribution in [3.05, 3.63) is 45.7 Å². The Bertz CT molecular complexity index is 494. The Morgan fingerprint density at radius 2 is 2.17 bits per heavy atom. The van der Waals surface area contributed by atoms with Crippen LogP contribution in [0.25, 0.3) is 0 Å². The fourth-order valence-corrected chi connectivity index (χ4v) is 2.80. The van der Waals surface area contributed by atoms with E-state index in [0.29, 0.717) is 6.04 Å². The van der Waals surface area contributed by atoms with E-state index in [1.54, 1.807) is 11.3 Å². The van der Waals surface area contributed by atoms with Crippen LogP contribution in [0.2, 0.25) is 0 Å². The molecule has 0 saturated carbocycles. The van der Waals surface area contributed by atoms with Crippen molar-refractivity contribution in [3.63, 3.8) is 0 Å². The van der Waals surface area contributed by atoms with Gasteiger partial charge in [-0.25, -0.2) is 4.98 Å². The van der Waals surface area contributed by atoms with Gasteiger partial charge < -0.3 is 5.32 Å². The molecule has 2 aromatic rings. The van der Waals surface area contributed by atoms with Crippen LogP contribution in [0.1, 0.15) is 34.9 Å². The number of hydrogen-bond donors (Lipinski definition) is 1. The van der Waals surface area contributed by atoms with E-state index in [-0.39, 0.29) is 0 Å². The minimum Gasteiger partial charge on any atom is -0.310 e. The second-order valence-corrected chi connectivity index (χ2v) is 5.35. The van der Waals surface area contributed by atoms with Crippen LogP contribution in [0.4, 0.5) is 0 Å². The Morgan fingerprint density at radius 3 is 2.78 bits per heavy atom. The lowest BCUT2D eigenvalue weighted by molar-refractivity contribution is 0.543. The van der Waals surface area contributed by atoms with E-state index >= 15 is 0 Å². The average molecular weight is 261 g/mol. The Morgan fingerprint density at radius 1 is 1.33 bits per heavy atom. The van der Waals surface area contributed by atoms with Crippen LogP contribution in [0.3, 0.4) is 0 Å². The highest BCUT2D eigenvalue weighted by molar-refractivity contribution is 7.09. The molecule has 1 unspecified atom stereocenters. The number of nitrogens with one attached hydrogen (secondary N) is 1. The summed E-state index contributed by atoms with van der Waals surface area (Å²) < 4.78 is 0. The van der Waals surface area contributed by atoms with Crippen molar-refractivity contribution in [1.29, 1.82) is 0 Å². The summed E-state index contributed by atoms with van der Waals surface area (Å²) in [6.07, 6.45) is 2.79. The lowest BCUT2D eigenvalue weighted by atomic mass is 10.0. The van der Waals surface area contributed by atoms with Crippen LogP contribution in [-0.2, 0) is 6.42 Å². The van der Waals surface area contributed by atoms with E-state index in [1.165, 1.54) is 10.6 Å².